The molecule has 7 nitrogen and oxygen atoms in total. The van der Waals surface area contributed by atoms with E-state index in [1.54, 1.807) is 6.07 Å². The van der Waals surface area contributed by atoms with E-state index in [2.05, 4.69) is 11.2 Å². The van der Waals surface area contributed by atoms with Gasteiger partial charge in [-0.15, -0.1) is 6.42 Å². The van der Waals surface area contributed by atoms with Crippen molar-refractivity contribution in [3.63, 3.8) is 0 Å². The van der Waals surface area contributed by atoms with Gasteiger partial charge in [-0.2, -0.15) is 0 Å². The number of nitrogens with one attached hydrogen (secondary N) is 1. The highest BCUT2D eigenvalue weighted by Crippen LogP contribution is 2.32. The number of ether oxygens (including phenoxy) is 1. The first kappa shape index (κ1) is 17.2. The maximum Gasteiger partial charge on any atom is 0.266 e. The largest absolute Gasteiger partial charge is 0.480 e. The molecule has 0 radical (unpaired) electrons. The summed E-state index contributed by atoms with van der Waals surface area (Å²) in [6, 6.07) is 3.53. The van der Waals surface area contributed by atoms with Gasteiger partial charge in [-0.25, -0.2) is 0 Å². The first-order chi connectivity index (χ1) is 11.6. The first-order valence-electron chi connectivity index (χ1n) is 7.29. The number of carbonyl (C=O) groups is 4. The van der Waals surface area contributed by atoms with E-state index in [1.807, 2.05) is 0 Å². The van der Waals surface area contributed by atoms with E-state index in [-0.39, 0.29) is 36.3 Å². The van der Waals surface area contributed by atoms with Gasteiger partial charge in [0.15, 0.2) is 0 Å². The number of hydrogen-bond acceptors (Lipinski definition) is 5. The number of fused-ring (bicyclic) bond motifs is 1. The summed E-state index contributed by atoms with van der Waals surface area (Å²) in [6.07, 6.45) is 5.88. The highest BCUT2D eigenvalue weighted by atomic mass is 16.5. The normalized spacial score (nSPS) is 13.9. The number of aldehydes is 1. The Balaban J connectivity index is 2.42. The number of hydrogen-bond donors (Lipinski definition) is 1. The third kappa shape index (κ3) is 2.99. The SMILES string of the molecule is C#CCOc1cccc2c1C(=O)N(C(CCC=O)C(=O)NC)C2=O. The molecule has 1 aromatic carbocycles. The molecule has 0 aromatic heterocycles. The molecule has 7 heteroatoms. The lowest BCUT2D eigenvalue weighted by Crippen LogP contribution is -2.48. The molecule has 0 spiro atoms. The minimum absolute atomic E-state index is 0.0476. The van der Waals surface area contributed by atoms with Crippen molar-refractivity contribution in [3.8, 4) is 18.1 Å². The molecule has 0 saturated carbocycles. The molecule has 3 amide bonds. The third-order valence-electron chi connectivity index (χ3n) is 3.64. The minimum atomic E-state index is -1.06. The summed E-state index contributed by atoms with van der Waals surface area (Å²) in [6.45, 7) is -0.0536. The molecule has 1 atom stereocenters. The third-order valence-corrected chi connectivity index (χ3v) is 3.64. The number of carbonyl (C=O) groups excluding carboxylic acids is 4. The highest BCUT2D eigenvalue weighted by molar-refractivity contribution is 6.24. The van der Waals surface area contributed by atoms with Gasteiger partial charge in [-0.3, -0.25) is 19.3 Å². The van der Waals surface area contributed by atoms with Crippen LogP contribution < -0.4 is 10.1 Å². The van der Waals surface area contributed by atoms with Crippen LogP contribution in [0.2, 0.25) is 0 Å². The van der Waals surface area contributed by atoms with Crippen molar-refractivity contribution in [3.05, 3.63) is 29.3 Å². The molecule has 0 bridgehead atoms. The number of likely N-dealkylation sites (N-methyl/N-ethyl adjacent to an activating group) is 1. The van der Waals surface area contributed by atoms with Crippen molar-refractivity contribution in [2.75, 3.05) is 13.7 Å². The Labute approximate surface area is 139 Å². The Morgan fingerprint density at radius 1 is 1.42 bits per heavy atom. The fourth-order valence-electron chi connectivity index (χ4n) is 2.57. The zero-order valence-electron chi connectivity index (χ0n) is 13.1. The molecule has 0 aliphatic carbocycles. The van der Waals surface area contributed by atoms with E-state index < -0.39 is 23.8 Å². The van der Waals surface area contributed by atoms with Crippen LogP contribution in [0, 0.1) is 12.3 Å². The van der Waals surface area contributed by atoms with E-state index in [4.69, 9.17) is 11.2 Å². The van der Waals surface area contributed by atoms with Gasteiger partial charge in [-0.05, 0) is 18.6 Å². The maximum absolute atomic E-state index is 12.7. The molecular weight excluding hydrogens is 312 g/mol. The molecule has 2 rings (SSSR count). The van der Waals surface area contributed by atoms with Crippen LogP contribution >= 0.6 is 0 Å². The Morgan fingerprint density at radius 2 is 2.17 bits per heavy atom. The quantitative estimate of drug-likeness (QED) is 0.444. The maximum atomic E-state index is 12.7. The first-order valence-corrected chi connectivity index (χ1v) is 7.29. The second-order valence-electron chi connectivity index (χ2n) is 5.03. The van der Waals surface area contributed by atoms with Crippen molar-refractivity contribution in [1.29, 1.82) is 0 Å². The molecular formula is C17H16N2O5. The Morgan fingerprint density at radius 3 is 2.79 bits per heavy atom. The van der Waals surface area contributed by atoms with Crippen molar-refractivity contribution < 1.29 is 23.9 Å². The molecule has 1 aliphatic heterocycles. The van der Waals surface area contributed by atoms with E-state index in [9.17, 15) is 19.2 Å². The summed E-state index contributed by atoms with van der Waals surface area (Å²) in [7, 11) is 1.40. The van der Waals surface area contributed by atoms with E-state index >= 15 is 0 Å². The van der Waals surface area contributed by atoms with E-state index in [1.165, 1.54) is 19.2 Å². The van der Waals surface area contributed by atoms with Crippen LogP contribution in [0.4, 0.5) is 0 Å². The summed E-state index contributed by atoms with van der Waals surface area (Å²) in [5.74, 6) is 0.730. The smallest absolute Gasteiger partial charge is 0.266 e. The lowest BCUT2D eigenvalue weighted by molar-refractivity contribution is -0.124. The second kappa shape index (κ2) is 7.42. The minimum Gasteiger partial charge on any atom is -0.480 e. The van der Waals surface area contributed by atoms with Crippen molar-refractivity contribution >= 4 is 24.0 Å². The summed E-state index contributed by atoms with van der Waals surface area (Å²) in [4.78, 5) is 48.9. The zero-order chi connectivity index (χ0) is 17.7. The van der Waals surface area contributed by atoms with E-state index in [0.717, 1.165) is 4.90 Å². The average Bonchev–Trinajstić information content (AvgIpc) is 2.85. The van der Waals surface area contributed by atoms with Gasteiger partial charge < -0.3 is 14.8 Å². The van der Waals surface area contributed by atoms with Crippen molar-refractivity contribution in [2.45, 2.75) is 18.9 Å². The highest BCUT2D eigenvalue weighted by Gasteiger charge is 2.44. The fourth-order valence-corrected chi connectivity index (χ4v) is 2.57. The van der Waals surface area contributed by atoms with Gasteiger partial charge in [0.2, 0.25) is 5.91 Å². The summed E-state index contributed by atoms with van der Waals surface area (Å²) < 4.78 is 5.32. The zero-order valence-corrected chi connectivity index (χ0v) is 13.1. The second-order valence-corrected chi connectivity index (χ2v) is 5.03. The Bertz CT molecular complexity index is 735. The van der Waals surface area contributed by atoms with Gasteiger partial charge >= 0.3 is 0 Å². The Hall–Kier alpha value is -3.14. The van der Waals surface area contributed by atoms with Crippen LogP contribution in [0.15, 0.2) is 18.2 Å². The van der Waals surface area contributed by atoms with Crippen LogP contribution in [-0.4, -0.2) is 48.6 Å². The molecule has 124 valence electrons. The molecule has 1 unspecified atom stereocenters. The number of amides is 3. The van der Waals surface area contributed by atoms with Crippen LogP contribution in [0.5, 0.6) is 5.75 Å². The van der Waals surface area contributed by atoms with Crippen LogP contribution in [0.1, 0.15) is 33.6 Å². The number of imide groups is 1. The summed E-state index contributed by atoms with van der Waals surface area (Å²) >= 11 is 0. The molecule has 0 fully saturated rings. The van der Waals surface area contributed by atoms with Crippen molar-refractivity contribution in [2.24, 2.45) is 0 Å². The summed E-state index contributed by atoms with van der Waals surface area (Å²) in [5.41, 5.74) is 0.229. The number of rotatable bonds is 7. The standard InChI is InChI=1S/C17H16N2O5/c1-3-10-24-13-8-4-6-11-14(13)17(23)19(16(11)22)12(7-5-9-20)15(21)18-2/h1,4,6,8-9,12H,5,7,10H2,2H3,(H,18,21). The molecule has 24 heavy (non-hydrogen) atoms. The number of nitrogens with zero attached hydrogens (tertiary/aromatic N) is 1. The molecule has 1 aromatic rings. The van der Waals surface area contributed by atoms with Crippen LogP contribution in [-0.2, 0) is 9.59 Å². The number of benzene rings is 1. The van der Waals surface area contributed by atoms with Gasteiger partial charge in [-0.1, -0.05) is 12.0 Å². The van der Waals surface area contributed by atoms with Gasteiger partial charge in [0, 0.05) is 13.5 Å². The average molecular weight is 328 g/mol. The van der Waals surface area contributed by atoms with Gasteiger partial charge in [0.25, 0.3) is 11.8 Å². The lowest BCUT2D eigenvalue weighted by Gasteiger charge is -2.24. The topological polar surface area (TPSA) is 92.8 Å². The predicted octanol–water partition coefficient (Wildman–Crippen LogP) is 0.388. The monoisotopic (exact) mass is 328 g/mol. The predicted molar refractivity (Wildman–Crippen MR) is 84.4 cm³/mol. The summed E-state index contributed by atoms with van der Waals surface area (Å²) in [5, 5.41) is 2.41. The lowest BCUT2D eigenvalue weighted by atomic mass is 10.1. The van der Waals surface area contributed by atoms with Gasteiger partial charge in [0.05, 0.1) is 11.1 Å². The van der Waals surface area contributed by atoms with Crippen LogP contribution in [0.25, 0.3) is 0 Å². The molecule has 1 N–H and O–H groups in total. The van der Waals surface area contributed by atoms with Crippen LogP contribution in [0.3, 0.4) is 0 Å². The Kier molecular flexibility index (Phi) is 5.32. The van der Waals surface area contributed by atoms with E-state index in [0.29, 0.717) is 6.29 Å². The fraction of sp³-hybridized carbons (Fsp3) is 0.294. The number of terminal acetylenes is 1. The van der Waals surface area contributed by atoms with Crippen molar-refractivity contribution in [1.82, 2.24) is 10.2 Å². The van der Waals surface area contributed by atoms with Gasteiger partial charge in [0.1, 0.15) is 24.7 Å². The molecule has 1 heterocycles. The molecule has 0 saturated heterocycles. The molecule has 1 aliphatic rings.